The summed E-state index contributed by atoms with van der Waals surface area (Å²) in [6.07, 6.45) is 3.21. The van der Waals surface area contributed by atoms with Gasteiger partial charge in [-0.25, -0.2) is 0 Å². The molecule has 0 saturated carbocycles. The molecule has 1 aromatic rings. The molecule has 130 valence electrons. The summed E-state index contributed by atoms with van der Waals surface area (Å²) in [5.74, 6) is -0.128. The van der Waals surface area contributed by atoms with E-state index < -0.39 is 0 Å². The molecule has 1 atom stereocenters. The van der Waals surface area contributed by atoms with Gasteiger partial charge in [0.15, 0.2) is 0 Å². The van der Waals surface area contributed by atoms with Gasteiger partial charge in [-0.05, 0) is 37.1 Å². The van der Waals surface area contributed by atoms with Crippen molar-refractivity contribution in [2.24, 2.45) is 5.73 Å². The summed E-state index contributed by atoms with van der Waals surface area (Å²) < 4.78 is 0. The van der Waals surface area contributed by atoms with E-state index in [4.69, 9.17) is 5.73 Å². The van der Waals surface area contributed by atoms with Crippen molar-refractivity contribution >= 4 is 35.6 Å². The Balaban J connectivity index is 0.00000264. The average molecular weight is 360 g/mol. The monoisotopic (exact) mass is 359 g/mol. The van der Waals surface area contributed by atoms with Crippen LogP contribution >= 0.6 is 23.7 Å². The maximum atomic E-state index is 12.5. The van der Waals surface area contributed by atoms with Gasteiger partial charge in [0.05, 0.1) is 4.88 Å². The zero-order valence-electron chi connectivity index (χ0n) is 13.7. The molecule has 2 heterocycles. The highest BCUT2D eigenvalue weighted by molar-refractivity contribution is 7.12. The Labute approximate surface area is 148 Å². The fourth-order valence-corrected chi connectivity index (χ4v) is 3.38. The number of thiophene rings is 1. The number of rotatable bonds is 6. The Morgan fingerprint density at radius 1 is 1.43 bits per heavy atom. The normalized spacial score (nSPS) is 17.7. The molecule has 5 nitrogen and oxygen atoms in total. The topological polar surface area (TPSA) is 75.4 Å². The third kappa shape index (κ3) is 4.68. The fourth-order valence-electron chi connectivity index (χ4n) is 2.71. The number of likely N-dealkylation sites (tertiary alicyclic amines) is 1. The van der Waals surface area contributed by atoms with E-state index in [0.717, 1.165) is 25.7 Å². The Morgan fingerprint density at radius 3 is 2.70 bits per heavy atom. The molecule has 23 heavy (non-hydrogen) atoms. The van der Waals surface area contributed by atoms with E-state index in [1.165, 1.54) is 11.3 Å². The zero-order valence-corrected chi connectivity index (χ0v) is 15.3. The van der Waals surface area contributed by atoms with Crippen molar-refractivity contribution in [1.29, 1.82) is 0 Å². The molecule has 0 spiro atoms. The first-order chi connectivity index (χ1) is 10.5. The highest BCUT2D eigenvalue weighted by Gasteiger charge is 2.35. The van der Waals surface area contributed by atoms with Gasteiger partial charge in [0.2, 0.25) is 5.91 Å². The molecule has 0 aliphatic carbocycles. The standard InChI is InChI=1S/C16H25N3O2S.ClH/c1-3-16(17,4-2)11-18-14(20)12-7-5-9-19(12)15(21)13-8-6-10-22-13;/h6,8,10,12H,3-5,7,9,11,17H2,1-2H3,(H,18,20);1H. The molecule has 2 rings (SSSR count). The van der Waals surface area contributed by atoms with Gasteiger partial charge in [0.25, 0.3) is 5.91 Å². The van der Waals surface area contributed by atoms with Gasteiger partial charge in [-0.15, -0.1) is 23.7 Å². The maximum absolute atomic E-state index is 12.5. The molecule has 1 fully saturated rings. The van der Waals surface area contributed by atoms with Crippen LogP contribution in [-0.2, 0) is 4.79 Å². The summed E-state index contributed by atoms with van der Waals surface area (Å²) >= 11 is 1.41. The molecule has 0 aromatic carbocycles. The maximum Gasteiger partial charge on any atom is 0.264 e. The number of halogens is 1. The van der Waals surface area contributed by atoms with E-state index >= 15 is 0 Å². The van der Waals surface area contributed by atoms with Gasteiger partial charge in [-0.2, -0.15) is 0 Å². The number of carbonyl (C=O) groups excluding carboxylic acids is 2. The second-order valence-electron chi connectivity index (χ2n) is 5.92. The summed E-state index contributed by atoms with van der Waals surface area (Å²) in [5, 5.41) is 4.82. The predicted molar refractivity (Wildman–Crippen MR) is 96.1 cm³/mol. The summed E-state index contributed by atoms with van der Waals surface area (Å²) in [6, 6.07) is 3.29. The predicted octanol–water partition coefficient (Wildman–Crippen LogP) is 2.41. The van der Waals surface area contributed by atoms with Crippen LogP contribution in [0.25, 0.3) is 0 Å². The third-order valence-corrected chi connectivity index (χ3v) is 5.43. The Hall–Kier alpha value is -1.11. The van der Waals surface area contributed by atoms with Crippen molar-refractivity contribution in [3.8, 4) is 0 Å². The van der Waals surface area contributed by atoms with Crippen LogP contribution in [0, 0.1) is 0 Å². The molecular formula is C16H26ClN3O2S. The molecular weight excluding hydrogens is 334 g/mol. The molecule has 3 N–H and O–H groups in total. The van der Waals surface area contributed by atoms with E-state index in [0.29, 0.717) is 18.0 Å². The van der Waals surface area contributed by atoms with Crippen molar-refractivity contribution in [2.75, 3.05) is 13.1 Å². The zero-order chi connectivity index (χ0) is 16.2. The number of carbonyl (C=O) groups is 2. The minimum absolute atomic E-state index is 0. The minimum atomic E-state index is -0.368. The average Bonchev–Trinajstić information content (AvgIpc) is 3.22. The highest BCUT2D eigenvalue weighted by atomic mass is 35.5. The number of nitrogens with one attached hydrogen (secondary N) is 1. The van der Waals surface area contributed by atoms with Crippen LogP contribution in [0.3, 0.4) is 0 Å². The Kier molecular flexibility index (Phi) is 7.51. The molecule has 1 aliphatic heterocycles. The van der Waals surface area contributed by atoms with Crippen molar-refractivity contribution in [3.63, 3.8) is 0 Å². The van der Waals surface area contributed by atoms with Crippen LogP contribution in [0.2, 0.25) is 0 Å². The van der Waals surface area contributed by atoms with Crippen LogP contribution in [0.5, 0.6) is 0 Å². The van der Waals surface area contributed by atoms with Crippen molar-refractivity contribution in [1.82, 2.24) is 10.2 Å². The number of nitrogens with two attached hydrogens (primary N) is 1. The smallest absolute Gasteiger partial charge is 0.264 e. The van der Waals surface area contributed by atoms with E-state index in [1.54, 1.807) is 11.0 Å². The quantitative estimate of drug-likeness (QED) is 0.818. The second kappa shape index (κ2) is 8.66. The molecule has 2 amide bonds. The van der Waals surface area contributed by atoms with Gasteiger partial charge < -0.3 is 16.0 Å². The summed E-state index contributed by atoms with van der Waals surface area (Å²) in [5.41, 5.74) is 5.86. The number of amides is 2. The van der Waals surface area contributed by atoms with Gasteiger partial charge in [0.1, 0.15) is 6.04 Å². The molecule has 1 aliphatic rings. The molecule has 0 bridgehead atoms. The molecule has 7 heteroatoms. The lowest BCUT2D eigenvalue weighted by Gasteiger charge is -2.29. The van der Waals surface area contributed by atoms with Crippen LogP contribution in [0.4, 0.5) is 0 Å². The SMILES string of the molecule is CCC(N)(CC)CNC(=O)C1CCCN1C(=O)c1cccs1.Cl. The van der Waals surface area contributed by atoms with E-state index in [1.807, 2.05) is 25.3 Å². The number of hydrogen-bond donors (Lipinski definition) is 2. The first-order valence-corrected chi connectivity index (χ1v) is 8.80. The van der Waals surface area contributed by atoms with E-state index in [9.17, 15) is 9.59 Å². The van der Waals surface area contributed by atoms with Crippen molar-refractivity contribution in [2.45, 2.75) is 51.1 Å². The fraction of sp³-hybridized carbons (Fsp3) is 0.625. The summed E-state index contributed by atoms with van der Waals surface area (Å²) in [7, 11) is 0. The van der Waals surface area contributed by atoms with Gasteiger partial charge in [-0.3, -0.25) is 9.59 Å². The number of nitrogens with zero attached hydrogens (tertiary/aromatic N) is 1. The molecule has 1 aromatic heterocycles. The first-order valence-electron chi connectivity index (χ1n) is 7.92. The largest absolute Gasteiger partial charge is 0.352 e. The van der Waals surface area contributed by atoms with Crippen LogP contribution in [0.1, 0.15) is 49.2 Å². The summed E-state index contributed by atoms with van der Waals surface area (Å²) in [6.45, 7) is 5.15. The number of hydrogen-bond acceptors (Lipinski definition) is 4. The van der Waals surface area contributed by atoms with Crippen molar-refractivity contribution in [3.05, 3.63) is 22.4 Å². The Morgan fingerprint density at radius 2 is 2.13 bits per heavy atom. The van der Waals surface area contributed by atoms with Crippen LogP contribution in [-0.4, -0.2) is 41.4 Å². The van der Waals surface area contributed by atoms with Gasteiger partial charge in [0, 0.05) is 18.6 Å². The lowest BCUT2D eigenvalue weighted by molar-refractivity contribution is -0.125. The first kappa shape index (κ1) is 19.9. The lowest BCUT2D eigenvalue weighted by atomic mass is 9.94. The second-order valence-corrected chi connectivity index (χ2v) is 6.87. The van der Waals surface area contributed by atoms with Gasteiger partial charge in [-0.1, -0.05) is 19.9 Å². The van der Waals surface area contributed by atoms with E-state index in [2.05, 4.69) is 5.32 Å². The molecule has 0 radical (unpaired) electrons. The van der Waals surface area contributed by atoms with Gasteiger partial charge >= 0.3 is 0 Å². The Bertz CT molecular complexity index is 517. The van der Waals surface area contributed by atoms with Crippen LogP contribution < -0.4 is 11.1 Å². The highest BCUT2D eigenvalue weighted by Crippen LogP contribution is 2.22. The van der Waals surface area contributed by atoms with Crippen LogP contribution in [0.15, 0.2) is 17.5 Å². The molecule has 1 unspecified atom stereocenters. The van der Waals surface area contributed by atoms with Crippen molar-refractivity contribution < 1.29 is 9.59 Å². The van der Waals surface area contributed by atoms with E-state index in [-0.39, 0.29) is 35.8 Å². The third-order valence-electron chi connectivity index (χ3n) is 4.57. The lowest BCUT2D eigenvalue weighted by Crippen LogP contribution is -2.53. The summed E-state index contributed by atoms with van der Waals surface area (Å²) in [4.78, 5) is 27.3. The minimum Gasteiger partial charge on any atom is -0.352 e. The molecule has 1 saturated heterocycles.